The summed E-state index contributed by atoms with van der Waals surface area (Å²) in [4.78, 5) is 24.1. The molecule has 0 aromatic heterocycles. The van der Waals surface area contributed by atoms with E-state index in [0.29, 0.717) is 15.8 Å². The fourth-order valence-corrected chi connectivity index (χ4v) is 2.32. The summed E-state index contributed by atoms with van der Waals surface area (Å²) in [5.74, 6) is -0.351. The highest BCUT2D eigenvalue weighted by Crippen LogP contribution is 2.25. The van der Waals surface area contributed by atoms with E-state index < -0.39 is 11.9 Å². The summed E-state index contributed by atoms with van der Waals surface area (Å²) in [7, 11) is 1.27. The maximum atomic E-state index is 12.3. The van der Waals surface area contributed by atoms with E-state index >= 15 is 0 Å². The van der Waals surface area contributed by atoms with Crippen LogP contribution in [0, 0.1) is 0 Å². The average molecular weight is 393 g/mol. The highest BCUT2D eigenvalue weighted by Gasteiger charge is 2.17. The first kappa shape index (κ1) is 18.0. The van der Waals surface area contributed by atoms with Crippen LogP contribution < -0.4 is 9.47 Å². The zero-order chi connectivity index (χ0) is 17.7. The molecule has 0 unspecified atom stereocenters. The zero-order valence-corrected chi connectivity index (χ0v) is 15.1. The Morgan fingerprint density at radius 3 is 2.25 bits per heavy atom. The van der Waals surface area contributed by atoms with Gasteiger partial charge in [0.25, 0.3) is 0 Å². The molecule has 5 nitrogen and oxygen atoms in total. The summed E-state index contributed by atoms with van der Waals surface area (Å²) < 4.78 is 16.2. The Hall–Kier alpha value is -2.34. The molecule has 2 aromatic rings. The molecule has 6 heteroatoms. The van der Waals surface area contributed by atoms with Gasteiger partial charge in [0.15, 0.2) is 0 Å². The molecule has 126 valence electrons. The van der Waals surface area contributed by atoms with Crippen molar-refractivity contribution in [3.05, 3.63) is 58.1 Å². The number of rotatable bonds is 5. The maximum Gasteiger partial charge on any atom is 0.343 e. The van der Waals surface area contributed by atoms with Crippen LogP contribution in [0.2, 0.25) is 0 Å². The van der Waals surface area contributed by atoms with Gasteiger partial charge in [-0.15, -0.1) is 0 Å². The molecule has 2 aromatic carbocycles. The van der Waals surface area contributed by atoms with Crippen LogP contribution in [-0.4, -0.2) is 25.2 Å². The van der Waals surface area contributed by atoms with Crippen molar-refractivity contribution in [1.82, 2.24) is 0 Å². The fourth-order valence-electron chi connectivity index (χ4n) is 1.96. The van der Waals surface area contributed by atoms with Crippen LogP contribution in [0.5, 0.6) is 11.5 Å². The van der Waals surface area contributed by atoms with Crippen LogP contribution in [0.25, 0.3) is 0 Å². The van der Waals surface area contributed by atoms with Crippen molar-refractivity contribution < 1.29 is 23.8 Å². The minimum atomic E-state index is -0.584. The molecule has 0 saturated heterocycles. The molecule has 0 aliphatic rings. The number of benzene rings is 2. The van der Waals surface area contributed by atoms with Crippen LogP contribution in [0.15, 0.2) is 46.9 Å². The number of carbonyl (C=O) groups excluding carboxylic acids is 2. The molecular formula is C18H17BrO5. The van der Waals surface area contributed by atoms with Gasteiger partial charge in [0.05, 0.1) is 18.8 Å². The van der Waals surface area contributed by atoms with Crippen LogP contribution in [-0.2, 0) is 4.74 Å². The summed E-state index contributed by atoms with van der Waals surface area (Å²) in [6.07, 6.45) is 0.0492. The molecular weight excluding hydrogens is 376 g/mol. The number of ether oxygens (including phenoxy) is 3. The second kappa shape index (κ2) is 7.97. The number of esters is 2. The molecule has 0 fully saturated rings. The molecule has 0 N–H and O–H groups in total. The third-order valence-electron chi connectivity index (χ3n) is 3.01. The highest BCUT2D eigenvalue weighted by atomic mass is 79.9. The van der Waals surface area contributed by atoms with E-state index in [9.17, 15) is 9.59 Å². The SMILES string of the molecule is COC(=O)c1cc(Br)ccc1OC(=O)c1ccc(OC(C)C)cc1. The summed E-state index contributed by atoms with van der Waals surface area (Å²) >= 11 is 3.27. The summed E-state index contributed by atoms with van der Waals surface area (Å²) in [6.45, 7) is 3.84. The first-order valence-electron chi connectivity index (χ1n) is 7.27. The van der Waals surface area contributed by atoms with E-state index in [2.05, 4.69) is 15.9 Å². The monoisotopic (exact) mass is 392 g/mol. The Labute approximate surface area is 148 Å². The van der Waals surface area contributed by atoms with Crippen molar-refractivity contribution in [3.8, 4) is 11.5 Å². The van der Waals surface area contributed by atoms with Crippen molar-refractivity contribution in [1.29, 1.82) is 0 Å². The number of hydrogen-bond donors (Lipinski definition) is 0. The van der Waals surface area contributed by atoms with Gasteiger partial charge in [-0.05, 0) is 56.3 Å². The van der Waals surface area contributed by atoms with Gasteiger partial charge in [-0.25, -0.2) is 9.59 Å². The van der Waals surface area contributed by atoms with Crippen LogP contribution >= 0.6 is 15.9 Å². The summed E-state index contributed by atoms with van der Waals surface area (Å²) in [6, 6.07) is 11.3. The molecule has 0 aliphatic heterocycles. The van der Waals surface area contributed by atoms with E-state index in [0.717, 1.165) is 0 Å². The lowest BCUT2D eigenvalue weighted by Crippen LogP contribution is -2.12. The van der Waals surface area contributed by atoms with Crippen molar-refractivity contribution in [2.24, 2.45) is 0 Å². The lowest BCUT2D eigenvalue weighted by atomic mass is 10.2. The Morgan fingerprint density at radius 2 is 1.67 bits per heavy atom. The number of methoxy groups -OCH3 is 1. The van der Waals surface area contributed by atoms with Crippen molar-refractivity contribution in [2.45, 2.75) is 20.0 Å². The van der Waals surface area contributed by atoms with E-state index in [1.165, 1.54) is 19.2 Å². The lowest BCUT2D eigenvalue weighted by molar-refractivity contribution is 0.0593. The van der Waals surface area contributed by atoms with E-state index in [1.807, 2.05) is 13.8 Å². The predicted octanol–water partition coefficient (Wildman–Crippen LogP) is 4.24. The fraction of sp³-hybridized carbons (Fsp3) is 0.222. The number of hydrogen-bond acceptors (Lipinski definition) is 5. The molecule has 0 heterocycles. The van der Waals surface area contributed by atoms with Crippen molar-refractivity contribution in [2.75, 3.05) is 7.11 Å². The molecule has 0 spiro atoms. The van der Waals surface area contributed by atoms with E-state index in [-0.39, 0.29) is 17.4 Å². The zero-order valence-electron chi connectivity index (χ0n) is 13.5. The molecule has 2 rings (SSSR count). The van der Waals surface area contributed by atoms with Gasteiger partial charge < -0.3 is 14.2 Å². The van der Waals surface area contributed by atoms with Crippen molar-refractivity contribution >= 4 is 27.9 Å². The third-order valence-corrected chi connectivity index (χ3v) is 3.50. The van der Waals surface area contributed by atoms with Crippen molar-refractivity contribution in [3.63, 3.8) is 0 Å². The van der Waals surface area contributed by atoms with Gasteiger partial charge in [-0.3, -0.25) is 0 Å². The van der Waals surface area contributed by atoms with Gasteiger partial charge >= 0.3 is 11.9 Å². The maximum absolute atomic E-state index is 12.3. The van der Waals surface area contributed by atoms with Gasteiger partial charge in [-0.1, -0.05) is 15.9 Å². The number of carbonyl (C=O) groups is 2. The highest BCUT2D eigenvalue weighted by molar-refractivity contribution is 9.10. The molecule has 0 aliphatic carbocycles. The Morgan fingerprint density at radius 1 is 1.00 bits per heavy atom. The number of halogens is 1. The topological polar surface area (TPSA) is 61.8 Å². The molecule has 0 radical (unpaired) electrons. The summed E-state index contributed by atoms with van der Waals surface area (Å²) in [5, 5.41) is 0. The third kappa shape index (κ3) is 4.58. The molecule has 24 heavy (non-hydrogen) atoms. The summed E-state index contributed by atoms with van der Waals surface area (Å²) in [5.41, 5.74) is 0.518. The average Bonchev–Trinajstić information content (AvgIpc) is 2.55. The minimum absolute atomic E-state index is 0.0492. The predicted molar refractivity (Wildman–Crippen MR) is 92.6 cm³/mol. The Kier molecular flexibility index (Phi) is 5.98. The molecule has 0 saturated carbocycles. The second-order valence-corrected chi connectivity index (χ2v) is 6.13. The quantitative estimate of drug-likeness (QED) is 0.562. The first-order chi connectivity index (χ1) is 11.4. The van der Waals surface area contributed by atoms with Crippen LogP contribution in [0.1, 0.15) is 34.6 Å². The van der Waals surface area contributed by atoms with Crippen LogP contribution in [0.3, 0.4) is 0 Å². The van der Waals surface area contributed by atoms with E-state index in [4.69, 9.17) is 14.2 Å². The van der Waals surface area contributed by atoms with Gasteiger partial charge in [0, 0.05) is 4.47 Å². The lowest BCUT2D eigenvalue weighted by Gasteiger charge is -2.11. The smallest absolute Gasteiger partial charge is 0.343 e. The van der Waals surface area contributed by atoms with Crippen LogP contribution in [0.4, 0.5) is 0 Å². The minimum Gasteiger partial charge on any atom is -0.491 e. The standard InChI is InChI=1S/C18H17BrO5/c1-11(2)23-14-7-4-12(5-8-14)17(20)24-16-9-6-13(19)10-15(16)18(21)22-3/h4-11H,1-3H3. The van der Waals surface area contributed by atoms with Gasteiger partial charge in [-0.2, -0.15) is 0 Å². The Bertz CT molecular complexity index is 738. The molecule has 0 atom stereocenters. The normalized spacial score (nSPS) is 10.4. The van der Waals surface area contributed by atoms with Gasteiger partial charge in [0.1, 0.15) is 17.1 Å². The molecule has 0 amide bonds. The largest absolute Gasteiger partial charge is 0.491 e. The molecule has 0 bridgehead atoms. The van der Waals surface area contributed by atoms with Gasteiger partial charge in [0.2, 0.25) is 0 Å². The first-order valence-corrected chi connectivity index (χ1v) is 8.06. The van der Waals surface area contributed by atoms with E-state index in [1.54, 1.807) is 30.3 Å². The Balaban J connectivity index is 2.19. The second-order valence-electron chi connectivity index (χ2n) is 5.21.